The van der Waals surface area contributed by atoms with Gasteiger partial charge in [-0.1, -0.05) is 43.0 Å². The number of hydrogen-bond donors (Lipinski definition) is 0. The molecule has 0 atom stereocenters. The highest BCUT2D eigenvalue weighted by Crippen LogP contribution is 2.30. The van der Waals surface area contributed by atoms with E-state index in [0.29, 0.717) is 24.3 Å². The van der Waals surface area contributed by atoms with Gasteiger partial charge < -0.3 is 13.9 Å². The van der Waals surface area contributed by atoms with Gasteiger partial charge in [-0.05, 0) is 43.2 Å². The Morgan fingerprint density at radius 1 is 1.00 bits per heavy atom. The first-order valence-corrected chi connectivity index (χ1v) is 9.69. The molecule has 5 nitrogen and oxygen atoms in total. The lowest BCUT2D eigenvalue weighted by Crippen LogP contribution is -2.00. The maximum Gasteiger partial charge on any atom is 0.276 e. The Kier molecular flexibility index (Phi) is 6.55. The zero-order chi connectivity index (χ0) is 18.2. The number of nitrogens with zero attached hydrogens (tertiary/aromatic N) is 2. The SMILES string of the molecule is CCOc1ccccc1-c1nnc(SCCOc2cccc(CC)c2)o1. The van der Waals surface area contributed by atoms with E-state index >= 15 is 0 Å². The Labute approximate surface area is 157 Å². The molecule has 0 saturated carbocycles. The van der Waals surface area contributed by atoms with E-state index in [-0.39, 0.29) is 0 Å². The lowest BCUT2D eigenvalue weighted by molar-refractivity contribution is 0.339. The van der Waals surface area contributed by atoms with E-state index in [1.54, 1.807) is 0 Å². The van der Waals surface area contributed by atoms with Crippen molar-refractivity contribution in [2.24, 2.45) is 0 Å². The molecule has 1 aromatic heterocycles. The van der Waals surface area contributed by atoms with Crippen LogP contribution in [0.1, 0.15) is 19.4 Å². The number of para-hydroxylation sites is 1. The smallest absolute Gasteiger partial charge is 0.276 e. The minimum Gasteiger partial charge on any atom is -0.493 e. The van der Waals surface area contributed by atoms with Crippen molar-refractivity contribution in [2.45, 2.75) is 25.5 Å². The molecular formula is C20H22N2O3S. The summed E-state index contributed by atoms with van der Waals surface area (Å²) in [6.07, 6.45) is 1.000. The van der Waals surface area contributed by atoms with Crippen LogP contribution in [0, 0.1) is 0 Å². The van der Waals surface area contributed by atoms with Crippen LogP contribution in [-0.2, 0) is 6.42 Å². The summed E-state index contributed by atoms with van der Waals surface area (Å²) >= 11 is 1.48. The van der Waals surface area contributed by atoms with Crippen molar-refractivity contribution in [1.29, 1.82) is 0 Å². The number of benzene rings is 2. The largest absolute Gasteiger partial charge is 0.493 e. The fourth-order valence-corrected chi connectivity index (χ4v) is 3.02. The fraction of sp³-hybridized carbons (Fsp3) is 0.300. The van der Waals surface area contributed by atoms with Crippen molar-refractivity contribution >= 4 is 11.8 Å². The Bertz CT molecular complexity index is 835. The predicted molar refractivity (Wildman–Crippen MR) is 103 cm³/mol. The van der Waals surface area contributed by atoms with E-state index in [1.165, 1.54) is 17.3 Å². The lowest BCUT2D eigenvalue weighted by atomic mass is 10.2. The summed E-state index contributed by atoms with van der Waals surface area (Å²) in [7, 11) is 0. The van der Waals surface area contributed by atoms with E-state index in [9.17, 15) is 0 Å². The second-order valence-corrected chi connectivity index (χ2v) is 6.55. The van der Waals surface area contributed by atoms with Gasteiger partial charge in [0, 0.05) is 5.75 Å². The van der Waals surface area contributed by atoms with Crippen LogP contribution in [0.15, 0.2) is 58.2 Å². The van der Waals surface area contributed by atoms with E-state index in [4.69, 9.17) is 13.9 Å². The zero-order valence-electron chi connectivity index (χ0n) is 15.0. The van der Waals surface area contributed by atoms with Crippen LogP contribution in [0.4, 0.5) is 0 Å². The van der Waals surface area contributed by atoms with Crippen LogP contribution in [-0.4, -0.2) is 29.2 Å². The van der Waals surface area contributed by atoms with Crippen molar-refractivity contribution in [2.75, 3.05) is 19.0 Å². The highest BCUT2D eigenvalue weighted by Gasteiger charge is 2.13. The van der Waals surface area contributed by atoms with Crippen molar-refractivity contribution < 1.29 is 13.9 Å². The summed E-state index contributed by atoms with van der Waals surface area (Å²) in [5.41, 5.74) is 2.07. The topological polar surface area (TPSA) is 57.4 Å². The third kappa shape index (κ3) is 4.79. The molecule has 0 aliphatic carbocycles. The molecule has 0 bridgehead atoms. The van der Waals surface area contributed by atoms with Gasteiger partial charge in [-0.3, -0.25) is 0 Å². The van der Waals surface area contributed by atoms with Crippen LogP contribution in [0.25, 0.3) is 11.5 Å². The van der Waals surface area contributed by atoms with Gasteiger partial charge in [0.15, 0.2) is 0 Å². The van der Waals surface area contributed by atoms with Crippen molar-refractivity contribution in [3.8, 4) is 23.0 Å². The van der Waals surface area contributed by atoms with E-state index in [1.807, 2.05) is 43.3 Å². The highest BCUT2D eigenvalue weighted by atomic mass is 32.2. The first-order valence-electron chi connectivity index (χ1n) is 8.70. The van der Waals surface area contributed by atoms with E-state index in [0.717, 1.165) is 29.2 Å². The molecule has 6 heteroatoms. The molecule has 0 aliphatic heterocycles. The Hall–Kier alpha value is -2.47. The molecule has 0 fully saturated rings. The fourth-order valence-electron chi connectivity index (χ4n) is 2.45. The molecule has 2 aromatic carbocycles. The van der Waals surface area contributed by atoms with Crippen molar-refractivity contribution in [3.63, 3.8) is 0 Å². The number of hydrogen-bond acceptors (Lipinski definition) is 6. The molecule has 0 N–H and O–H groups in total. The molecule has 0 saturated heterocycles. The molecule has 0 spiro atoms. The normalized spacial score (nSPS) is 10.7. The maximum absolute atomic E-state index is 5.78. The minimum atomic E-state index is 0.466. The second kappa shape index (κ2) is 9.29. The van der Waals surface area contributed by atoms with Gasteiger partial charge in [0.25, 0.3) is 11.1 Å². The Morgan fingerprint density at radius 3 is 2.73 bits per heavy atom. The van der Waals surface area contributed by atoms with Crippen LogP contribution in [0.5, 0.6) is 11.5 Å². The molecule has 136 valence electrons. The second-order valence-electron chi connectivity index (χ2n) is 5.50. The summed E-state index contributed by atoms with van der Waals surface area (Å²) in [6.45, 7) is 5.24. The maximum atomic E-state index is 5.78. The predicted octanol–water partition coefficient (Wildman–Crippen LogP) is 4.87. The Balaban J connectivity index is 1.54. The minimum absolute atomic E-state index is 0.466. The highest BCUT2D eigenvalue weighted by molar-refractivity contribution is 7.99. The molecule has 3 aromatic rings. The van der Waals surface area contributed by atoms with Crippen LogP contribution in [0.2, 0.25) is 0 Å². The molecule has 3 rings (SSSR count). The van der Waals surface area contributed by atoms with Crippen molar-refractivity contribution in [1.82, 2.24) is 10.2 Å². The van der Waals surface area contributed by atoms with Gasteiger partial charge in [-0.2, -0.15) is 0 Å². The Morgan fingerprint density at radius 2 is 1.88 bits per heavy atom. The molecule has 26 heavy (non-hydrogen) atoms. The molecule has 0 aliphatic rings. The van der Waals surface area contributed by atoms with Crippen molar-refractivity contribution in [3.05, 3.63) is 54.1 Å². The van der Waals surface area contributed by atoms with Gasteiger partial charge >= 0.3 is 0 Å². The third-order valence-electron chi connectivity index (χ3n) is 3.71. The first-order chi connectivity index (χ1) is 12.8. The number of aryl methyl sites for hydroxylation is 1. The number of thioether (sulfide) groups is 1. The molecule has 1 heterocycles. The zero-order valence-corrected chi connectivity index (χ0v) is 15.8. The van der Waals surface area contributed by atoms with E-state index < -0.39 is 0 Å². The quantitative estimate of drug-likeness (QED) is 0.396. The third-order valence-corrected chi connectivity index (χ3v) is 4.49. The van der Waals surface area contributed by atoms with Gasteiger partial charge in [0.2, 0.25) is 0 Å². The average molecular weight is 370 g/mol. The number of rotatable bonds is 9. The molecular weight excluding hydrogens is 348 g/mol. The van der Waals surface area contributed by atoms with Crippen LogP contribution < -0.4 is 9.47 Å². The van der Waals surface area contributed by atoms with Gasteiger partial charge in [-0.15, -0.1) is 10.2 Å². The molecule has 0 radical (unpaired) electrons. The van der Waals surface area contributed by atoms with Gasteiger partial charge in [0.05, 0.1) is 18.8 Å². The summed E-state index contributed by atoms with van der Waals surface area (Å²) in [5.74, 6) is 2.83. The van der Waals surface area contributed by atoms with Crippen LogP contribution >= 0.6 is 11.8 Å². The summed E-state index contributed by atoms with van der Waals surface area (Å²) in [5, 5.41) is 8.76. The standard InChI is InChI=1S/C20H22N2O3S/c1-3-15-8-7-9-16(14-15)24-12-13-26-20-22-21-19(25-20)17-10-5-6-11-18(17)23-4-2/h5-11,14H,3-4,12-13H2,1-2H3. The van der Waals surface area contributed by atoms with Gasteiger partial charge in [-0.25, -0.2) is 0 Å². The number of ether oxygens (including phenoxy) is 2. The summed E-state index contributed by atoms with van der Waals surface area (Å²) in [6, 6.07) is 15.8. The van der Waals surface area contributed by atoms with Crippen LogP contribution in [0.3, 0.4) is 0 Å². The average Bonchev–Trinajstić information content (AvgIpc) is 3.15. The first kappa shape index (κ1) is 18.3. The summed E-state index contributed by atoms with van der Waals surface area (Å²) < 4.78 is 17.1. The molecule has 0 amide bonds. The molecule has 0 unspecified atom stereocenters. The lowest BCUT2D eigenvalue weighted by Gasteiger charge is -2.06. The van der Waals surface area contributed by atoms with E-state index in [2.05, 4.69) is 29.3 Å². The summed E-state index contributed by atoms with van der Waals surface area (Å²) in [4.78, 5) is 0. The monoisotopic (exact) mass is 370 g/mol. The van der Waals surface area contributed by atoms with Gasteiger partial charge in [0.1, 0.15) is 11.5 Å². The number of aromatic nitrogens is 2.